The SMILES string of the molecule is CCN(Cc1cccs1)c1cc(N)nc(C2CC2)n1. The minimum atomic E-state index is 0.530. The zero-order valence-electron chi connectivity index (χ0n) is 11.0. The third-order valence-corrected chi connectivity index (χ3v) is 4.19. The normalized spacial score (nSPS) is 14.6. The third-order valence-electron chi connectivity index (χ3n) is 3.32. The molecule has 2 heterocycles. The summed E-state index contributed by atoms with van der Waals surface area (Å²) in [4.78, 5) is 12.6. The van der Waals surface area contributed by atoms with Crippen LogP contribution in [0.25, 0.3) is 0 Å². The maximum absolute atomic E-state index is 5.92. The number of nitrogens with zero attached hydrogens (tertiary/aromatic N) is 3. The van der Waals surface area contributed by atoms with E-state index in [0.29, 0.717) is 11.7 Å². The first-order chi connectivity index (χ1) is 9.26. The molecule has 0 bridgehead atoms. The van der Waals surface area contributed by atoms with Gasteiger partial charge < -0.3 is 10.6 Å². The van der Waals surface area contributed by atoms with Gasteiger partial charge in [-0.15, -0.1) is 11.3 Å². The Hall–Kier alpha value is -1.62. The summed E-state index contributed by atoms with van der Waals surface area (Å²) in [5, 5.41) is 2.10. The molecule has 1 fully saturated rings. The molecule has 0 amide bonds. The molecule has 0 radical (unpaired) electrons. The summed E-state index contributed by atoms with van der Waals surface area (Å²) in [6, 6.07) is 6.11. The molecule has 1 aliphatic carbocycles. The van der Waals surface area contributed by atoms with E-state index >= 15 is 0 Å². The minimum Gasteiger partial charge on any atom is -0.384 e. The van der Waals surface area contributed by atoms with Crippen LogP contribution in [0.5, 0.6) is 0 Å². The van der Waals surface area contributed by atoms with Gasteiger partial charge in [-0.25, -0.2) is 9.97 Å². The van der Waals surface area contributed by atoms with Crippen LogP contribution < -0.4 is 10.6 Å². The number of thiophene rings is 1. The van der Waals surface area contributed by atoms with Crippen molar-refractivity contribution in [2.24, 2.45) is 0 Å². The molecule has 2 aromatic heterocycles. The van der Waals surface area contributed by atoms with E-state index in [1.807, 2.05) is 6.07 Å². The highest BCUT2D eigenvalue weighted by molar-refractivity contribution is 7.09. The first kappa shape index (κ1) is 12.4. The van der Waals surface area contributed by atoms with Crippen LogP contribution in [0.1, 0.15) is 36.4 Å². The maximum atomic E-state index is 5.92. The molecule has 2 N–H and O–H groups in total. The fraction of sp³-hybridized carbons (Fsp3) is 0.429. The Labute approximate surface area is 117 Å². The van der Waals surface area contributed by atoms with E-state index in [0.717, 1.165) is 24.7 Å². The fourth-order valence-corrected chi connectivity index (χ4v) is 2.82. The highest BCUT2D eigenvalue weighted by atomic mass is 32.1. The molecule has 100 valence electrons. The van der Waals surface area contributed by atoms with E-state index in [9.17, 15) is 0 Å². The zero-order valence-corrected chi connectivity index (χ0v) is 11.9. The van der Waals surface area contributed by atoms with Gasteiger partial charge in [-0.05, 0) is 31.2 Å². The van der Waals surface area contributed by atoms with Gasteiger partial charge in [0.2, 0.25) is 0 Å². The van der Waals surface area contributed by atoms with E-state index in [4.69, 9.17) is 5.73 Å². The lowest BCUT2D eigenvalue weighted by atomic mass is 10.3. The number of nitrogen functional groups attached to an aromatic ring is 1. The molecule has 0 saturated heterocycles. The second kappa shape index (κ2) is 5.17. The Kier molecular flexibility index (Phi) is 3.38. The molecule has 1 aliphatic rings. The van der Waals surface area contributed by atoms with Gasteiger partial charge in [0.25, 0.3) is 0 Å². The number of aromatic nitrogens is 2. The highest BCUT2D eigenvalue weighted by Crippen LogP contribution is 2.39. The second-order valence-electron chi connectivity index (χ2n) is 4.88. The van der Waals surface area contributed by atoms with E-state index < -0.39 is 0 Å². The average Bonchev–Trinajstić information content (AvgIpc) is 3.13. The van der Waals surface area contributed by atoms with Crippen molar-refractivity contribution in [3.63, 3.8) is 0 Å². The van der Waals surface area contributed by atoms with Gasteiger partial charge in [-0.2, -0.15) is 0 Å². The fourth-order valence-electron chi connectivity index (χ4n) is 2.10. The zero-order chi connectivity index (χ0) is 13.2. The van der Waals surface area contributed by atoms with Crippen molar-refractivity contribution in [1.29, 1.82) is 0 Å². The van der Waals surface area contributed by atoms with Gasteiger partial charge in [0.05, 0.1) is 6.54 Å². The molecule has 0 aromatic carbocycles. The van der Waals surface area contributed by atoms with Crippen molar-refractivity contribution in [2.45, 2.75) is 32.2 Å². The monoisotopic (exact) mass is 274 g/mol. The summed E-state index contributed by atoms with van der Waals surface area (Å²) in [7, 11) is 0. The number of hydrogen-bond acceptors (Lipinski definition) is 5. The number of rotatable bonds is 5. The van der Waals surface area contributed by atoms with Gasteiger partial charge in [0.15, 0.2) is 0 Å². The van der Waals surface area contributed by atoms with Crippen molar-refractivity contribution in [3.8, 4) is 0 Å². The topological polar surface area (TPSA) is 55.0 Å². The maximum Gasteiger partial charge on any atom is 0.136 e. The van der Waals surface area contributed by atoms with E-state index in [-0.39, 0.29) is 0 Å². The molecule has 0 spiro atoms. The van der Waals surface area contributed by atoms with Crippen LogP contribution >= 0.6 is 11.3 Å². The van der Waals surface area contributed by atoms with Crippen molar-refractivity contribution < 1.29 is 0 Å². The molecule has 1 saturated carbocycles. The Bertz CT molecular complexity index is 549. The lowest BCUT2D eigenvalue weighted by Crippen LogP contribution is -2.23. The van der Waals surface area contributed by atoms with Crippen molar-refractivity contribution in [1.82, 2.24) is 9.97 Å². The number of hydrogen-bond donors (Lipinski definition) is 1. The van der Waals surface area contributed by atoms with Gasteiger partial charge in [0.1, 0.15) is 17.5 Å². The smallest absolute Gasteiger partial charge is 0.136 e. The largest absolute Gasteiger partial charge is 0.384 e. The first-order valence-electron chi connectivity index (χ1n) is 6.68. The summed E-state index contributed by atoms with van der Waals surface area (Å²) in [5.74, 6) is 2.98. The molecule has 3 rings (SSSR count). The Morgan fingerprint density at radius 1 is 1.42 bits per heavy atom. The van der Waals surface area contributed by atoms with E-state index in [2.05, 4.69) is 39.3 Å². The molecular weight excluding hydrogens is 256 g/mol. The first-order valence-corrected chi connectivity index (χ1v) is 7.56. The third kappa shape index (κ3) is 2.87. The van der Waals surface area contributed by atoms with E-state index in [1.54, 1.807) is 11.3 Å². The summed E-state index contributed by atoms with van der Waals surface area (Å²) in [6.07, 6.45) is 2.39. The van der Waals surface area contributed by atoms with Crippen LogP contribution in [-0.2, 0) is 6.54 Å². The van der Waals surface area contributed by atoms with Crippen molar-refractivity contribution >= 4 is 23.0 Å². The Morgan fingerprint density at radius 3 is 2.89 bits per heavy atom. The molecule has 5 heteroatoms. The lowest BCUT2D eigenvalue weighted by molar-refractivity contribution is 0.803. The summed E-state index contributed by atoms with van der Waals surface area (Å²) >= 11 is 1.77. The van der Waals surface area contributed by atoms with Crippen LogP contribution in [0.4, 0.5) is 11.6 Å². The van der Waals surface area contributed by atoms with Crippen LogP contribution in [0, 0.1) is 0 Å². The van der Waals surface area contributed by atoms with Crippen LogP contribution in [0.3, 0.4) is 0 Å². The lowest BCUT2D eigenvalue weighted by Gasteiger charge is -2.22. The standard InChI is InChI=1S/C14H18N4S/c1-2-18(9-11-4-3-7-19-11)13-8-12(15)16-14(17-13)10-5-6-10/h3-4,7-8,10H,2,5-6,9H2,1H3,(H2,15,16,17). The molecule has 0 atom stereocenters. The second-order valence-corrected chi connectivity index (χ2v) is 5.91. The number of anilines is 2. The van der Waals surface area contributed by atoms with Crippen LogP contribution in [-0.4, -0.2) is 16.5 Å². The molecule has 19 heavy (non-hydrogen) atoms. The molecule has 2 aromatic rings. The molecule has 4 nitrogen and oxygen atoms in total. The quantitative estimate of drug-likeness (QED) is 0.910. The predicted molar refractivity (Wildman–Crippen MR) is 79.5 cm³/mol. The summed E-state index contributed by atoms with van der Waals surface area (Å²) in [6.45, 7) is 3.94. The summed E-state index contributed by atoms with van der Waals surface area (Å²) < 4.78 is 0. The highest BCUT2D eigenvalue weighted by Gasteiger charge is 2.27. The molecule has 0 unspecified atom stereocenters. The Morgan fingerprint density at radius 2 is 2.26 bits per heavy atom. The van der Waals surface area contributed by atoms with Gasteiger partial charge in [-0.1, -0.05) is 6.07 Å². The van der Waals surface area contributed by atoms with Crippen LogP contribution in [0.15, 0.2) is 23.6 Å². The van der Waals surface area contributed by atoms with Gasteiger partial charge >= 0.3 is 0 Å². The van der Waals surface area contributed by atoms with Gasteiger partial charge in [-0.3, -0.25) is 0 Å². The van der Waals surface area contributed by atoms with Crippen molar-refractivity contribution in [3.05, 3.63) is 34.3 Å². The predicted octanol–water partition coefficient (Wildman–Crippen LogP) is 3.02. The molecular formula is C14H18N4S. The minimum absolute atomic E-state index is 0.530. The Balaban J connectivity index is 1.85. The average molecular weight is 274 g/mol. The van der Waals surface area contributed by atoms with Crippen molar-refractivity contribution in [2.75, 3.05) is 17.2 Å². The number of nitrogens with two attached hydrogens (primary N) is 1. The van der Waals surface area contributed by atoms with E-state index in [1.165, 1.54) is 17.7 Å². The van der Waals surface area contributed by atoms with Crippen LogP contribution in [0.2, 0.25) is 0 Å². The summed E-state index contributed by atoms with van der Waals surface area (Å²) in [5.41, 5.74) is 5.92. The van der Waals surface area contributed by atoms with Gasteiger partial charge in [0, 0.05) is 23.4 Å². The molecule has 0 aliphatic heterocycles.